The number of hydrogen-bond acceptors (Lipinski definition) is 2. The van der Waals surface area contributed by atoms with Gasteiger partial charge in [-0.25, -0.2) is 0 Å². The van der Waals surface area contributed by atoms with Gasteiger partial charge in [0.2, 0.25) is 5.91 Å². The standard InChI is InChI=1S/C11H14BrClN2O/c1-3-11(2,10(14)16)15-7-4-5-9(13)8(12)6-7/h4-6,15H,3H2,1-2H3,(H2,14,16). The Hall–Kier alpha value is -0.740. The van der Waals surface area contributed by atoms with E-state index in [0.717, 1.165) is 10.2 Å². The summed E-state index contributed by atoms with van der Waals surface area (Å²) in [7, 11) is 0. The van der Waals surface area contributed by atoms with Crippen LogP contribution in [0.3, 0.4) is 0 Å². The first-order valence-electron chi connectivity index (χ1n) is 4.92. The van der Waals surface area contributed by atoms with Crippen LogP contribution in [0.1, 0.15) is 20.3 Å². The number of anilines is 1. The summed E-state index contributed by atoms with van der Waals surface area (Å²) in [5.74, 6) is -0.374. The predicted octanol–water partition coefficient (Wildman–Crippen LogP) is 3.17. The first-order valence-corrected chi connectivity index (χ1v) is 6.09. The van der Waals surface area contributed by atoms with Crippen LogP contribution >= 0.6 is 27.5 Å². The summed E-state index contributed by atoms with van der Waals surface area (Å²) < 4.78 is 0.780. The van der Waals surface area contributed by atoms with E-state index >= 15 is 0 Å². The predicted molar refractivity (Wildman–Crippen MR) is 70.7 cm³/mol. The molecule has 0 aromatic heterocycles. The second-order valence-corrected chi connectivity index (χ2v) is 5.07. The van der Waals surface area contributed by atoms with Crippen LogP contribution in [-0.2, 0) is 4.79 Å². The maximum absolute atomic E-state index is 11.3. The number of nitrogens with one attached hydrogen (secondary N) is 1. The zero-order chi connectivity index (χ0) is 12.3. The van der Waals surface area contributed by atoms with Crippen molar-refractivity contribution in [3.05, 3.63) is 27.7 Å². The van der Waals surface area contributed by atoms with Crippen molar-refractivity contribution in [1.82, 2.24) is 0 Å². The Balaban J connectivity index is 2.95. The van der Waals surface area contributed by atoms with Gasteiger partial charge in [0, 0.05) is 10.2 Å². The van der Waals surface area contributed by atoms with Gasteiger partial charge in [-0.1, -0.05) is 18.5 Å². The van der Waals surface area contributed by atoms with E-state index in [2.05, 4.69) is 21.2 Å². The second-order valence-electron chi connectivity index (χ2n) is 3.80. The van der Waals surface area contributed by atoms with Gasteiger partial charge in [0.15, 0.2) is 0 Å². The third-order valence-corrected chi connectivity index (χ3v) is 3.80. The van der Waals surface area contributed by atoms with Crippen LogP contribution in [-0.4, -0.2) is 11.4 Å². The van der Waals surface area contributed by atoms with E-state index in [1.165, 1.54) is 0 Å². The Kier molecular flexibility index (Phi) is 4.21. The lowest BCUT2D eigenvalue weighted by atomic mass is 9.97. The molecule has 0 fully saturated rings. The molecule has 0 bridgehead atoms. The monoisotopic (exact) mass is 304 g/mol. The van der Waals surface area contributed by atoms with E-state index in [1.54, 1.807) is 13.0 Å². The average Bonchev–Trinajstić information content (AvgIpc) is 2.23. The van der Waals surface area contributed by atoms with Crippen LogP contribution < -0.4 is 11.1 Å². The topological polar surface area (TPSA) is 55.1 Å². The SMILES string of the molecule is CCC(C)(Nc1ccc(Cl)c(Br)c1)C(N)=O. The summed E-state index contributed by atoms with van der Waals surface area (Å²) in [6.45, 7) is 3.68. The summed E-state index contributed by atoms with van der Waals surface area (Å²) in [6, 6.07) is 5.38. The van der Waals surface area contributed by atoms with Crippen molar-refractivity contribution in [3.8, 4) is 0 Å². The first kappa shape index (κ1) is 13.3. The second kappa shape index (κ2) is 5.06. The Morgan fingerprint density at radius 3 is 2.69 bits per heavy atom. The van der Waals surface area contributed by atoms with Gasteiger partial charge in [-0.2, -0.15) is 0 Å². The molecule has 0 saturated heterocycles. The molecule has 1 rings (SSSR count). The van der Waals surface area contributed by atoms with Crippen LogP contribution in [0.4, 0.5) is 5.69 Å². The van der Waals surface area contributed by atoms with Gasteiger partial charge in [0.05, 0.1) is 5.02 Å². The first-order chi connectivity index (χ1) is 7.39. The number of rotatable bonds is 4. The third kappa shape index (κ3) is 2.89. The van der Waals surface area contributed by atoms with E-state index in [9.17, 15) is 4.79 Å². The molecular formula is C11H14BrClN2O. The largest absolute Gasteiger partial charge is 0.371 e. The molecule has 0 aliphatic rings. The Bertz CT molecular complexity index is 411. The highest BCUT2D eigenvalue weighted by atomic mass is 79.9. The minimum atomic E-state index is -0.743. The summed E-state index contributed by atoms with van der Waals surface area (Å²) in [5.41, 5.74) is 5.42. The Labute approximate surface area is 108 Å². The van der Waals surface area contributed by atoms with E-state index < -0.39 is 5.54 Å². The molecule has 0 heterocycles. The third-order valence-electron chi connectivity index (χ3n) is 2.59. The molecule has 0 aliphatic carbocycles. The van der Waals surface area contributed by atoms with Gasteiger partial charge in [0.1, 0.15) is 5.54 Å². The lowest BCUT2D eigenvalue weighted by molar-refractivity contribution is -0.121. The van der Waals surface area contributed by atoms with Crippen LogP contribution in [0.5, 0.6) is 0 Å². The highest BCUT2D eigenvalue weighted by molar-refractivity contribution is 9.10. The molecule has 1 aromatic carbocycles. The number of carbonyl (C=O) groups excluding carboxylic acids is 1. The van der Waals surface area contributed by atoms with Crippen molar-refractivity contribution >= 4 is 39.1 Å². The van der Waals surface area contributed by atoms with Crippen molar-refractivity contribution in [2.45, 2.75) is 25.8 Å². The van der Waals surface area contributed by atoms with Gasteiger partial charge in [-0.3, -0.25) is 4.79 Å². The molecule has 1 aromatic rings. The number of halogens is 2. The highest BCUT2D eigenvalue weighted by Crippen LogP contribution is 2.27. The van der Waals surface area contributed by atoms with E-state index in [4.69, 9.17) is 17.3 Å². The van der Waals surface area contributed by atoms with Crippen molar-refractivity contribution in [2.75, 3.05) is 5.32 Å². The maximum Gasteiger partial charge on any atom is 0.242 e. The molecule has 1 unspecified atom stereocenters. The molecule has 3 N–H and O–H groups in total. The smallest absolute Gasteiger partial charge is 0.242 e. The van der Waals surface area contributed by atoms with E-state index in [1.807, 2.05) is 19.1 Å². The average molecular weight is 306 g/mol. The van der Waals surface area contributed by atoms with Crippen molar-refractivity contribution in [2.24, 2.45) is 5.73 Å². The fourth-order valence-electron chi connectivity index (χ4n) is 1.22. The number of primary amides is 1. The van der Waals surface area contributed by atoms with Gasteiger partial charge >= 0.3 is 0 Å². The molecule has 1 atom stereocenters. The molecule has 16 heavy (non-hydrogen) atoms. The molecule has 3 nitrogen and oxygen atoms in total. The molecule has 0 spiro atoms. The van der Waals surface area contributed by atoms with Crippen LogP contribution in [0, 0.1) is 0 Å². The number of hydrogen-bond donors (Lipinski definition) is 2. The fourth-order valence-corrected chi connectivity index (χ4v) is 1.71. The van der Waals surface area contributed by atoms with Crippen LogP contribution in [0.2, 0.25) is 5.02 Å². The quantitative estimate of drug-likeness (QED) is 0.897. The molecule has 0 saturated carbocycles. The van der Waals surface area contributed by atoms with Crippen LogP contribution in [0.15, 0.2) is 22.7 Å². The fraction of sp³-hybridized carbons (Fsp3) is 0.364. The van der Waals surface area contributed by atoms with Crippen molar-refractivity contribution in [1.29, 1.82) is 0 Å². The molecule has 88 valence electrons. The highest BCUT2D eigenvalue weighted by Gasteiger charge is 2.28. The summed E-state index contributed by atoms with van der Waals surface area (Å²) in [4.78, 5) is 11.3. The lowest BCUT2D eigenvalue weighted by Gasteiger charge is -2.27. The molecule has 0 radical (unpaired) electrons. The van der Waals surface area contributed by atoms with Crippen molar-refractivity contribution < 1.29 is 4.79 Å². The maximum atomic E-state index is 11.3. The van der Waals surface area contributed by atoms with Gasteiger partial charge in [-0.05, 0) is 47.5 Å². The molecule has 1 amide bonds. The van der Waals surface area contributed by atoms with Crippen LogP contribution in [0.25, 0.3) is 0 Å². The summed E-state index contributed by atoms with van der Waals surface area (Å²) in [6.07, 6.45) is 0.614. The number of benzene rings is 1. The minimum absolute atomic E-state index is 0.374. The summed E-state index contributed by atoms with van der Waals surface area (Å²) in [5, 5.41) is 3.74. The van der Waals surface area contributed by atoms with Gasteiger partial charge < -0.3 is 11.1 Å². The van der Waals surface area contributed by atoms with Crippen molar-refractivity contribution in [3.63, 3.8) is 0 Å². The normalized spacial score (nSPS) is 14.2. The molecule has 5 heteroatoms. The minimum Gasteiger partial charge on any atom is -0.371 e. The molecule has 0 aliphatic heterocycles. The number of amides is 1. The van der Waals surface area contributed by atoms with Gasteiger partial charge in [-0.15, -0.1) is 0 Å². The zero-order valence-corrected chi connectivity index (χ0v) is 11.5. The lowest BCUT2D eigenvalue weighted by Crippen LogP contribution is -2.47. The zero-order valence-electron chi connectivity index (χ0n) is 9.18. The number of nitrogens with two attached hydrogens (primary N) is 1. The Morgan fingerprint density at radius 2 is 2.25 bits per heavy atom. The summed E-state index contributed by atoms with van der Waals surface area (Å²) >= 11 is 9.21. The Morgan fingerprint density at radius 1 is 1.62 bits per heavy atom. The molecular weight excluding hydrogens is 291 g/mol. The van der Waals surface area contributed by atoms with E-state index in [-0.39, 0.29) is 5.91 Å². The van der Waals surface area contributed by atoms with E-state index in [0.29, 0.717) is 11.4 Å². The van der Waals surface area contributed by atoms with Gasteiger partial charge in [0.25, 0.3) is 0 Å². The number of carbonyl (C=O) groups is 1.